The van der Waals surface area contributed by atoms with Gasteiger partial charge >= 0.3 is 0 Å². The fourth-order valence-electron chi connectivity index (χ4n) is 4.16. The van der Waals surface area contributed by atoms with Gasteiger partial charge in [-0.25, -0.2) is 13.1 Å². The Morgan fingerprint density at radius 2 is 1.66 bits per heavy atom. The lowest BCUT2D eigenvalue weighted by Gasteiger charge is -2.16. The largest absolute Gasteiger partial charge is 0.495 e. The van der Waals surface area contributed by atoms with Crippen LogP contribution in [0.5, 0.6) is 11.5 Å². The van der Waals surface area contributed by atoms with E-state index in [4.69, 9.17) is 9.47 Å². The number of benzene rings is 3. The van der Waals surface area contributed by atoms with E-state index >= 15 is 0 Å². The van der Waals surface area contributed by atoms with Gasteiger partial charge < -0.3 is 14.8 Å². The molecular formula is C27H30N2O5S. The van der Waals surface area contributed by atoms with E-state index in [1.165, 1.54) is 19.2 Å². The number of carbonyl (C=O) groups excluding carboxylic acids is 1. The van der Waals surface area contributed by atoms with Crippen LogP contribution in [-0.2, 0) is 23.2 Å². The molecule has 1 fully saturated rings. The van der Waals surface area contributed by atoms with Crippen LogP contribution in [0, 0.1) is 0 Å². The van der Waals surface area contributed by atoms with Crippen LogP contribution in [0.25, 0.3) is 0 Å². The molecule has 2 N–H and O–H groups in total. The van der Waals surface area contributed by atoms with E-state index in [0.29, 0.717) is 12.4 Å². The van der Waals surface area contributed by atoms with Gasteiger partial charge in [0.25, 0.3) is 5.91 Å². The number of nitrogens with one attached hydrogen (secondary N) is 2. The number of methoxy groups -OCH3 is 1. The number of hydrogen-bond donors (Lipinski definition) is 2. The maximum absolute atomic E-state index is 13.0. The van der Waals surface area contributed by atoms with Crippen molar-refractivity contribution >= 4 is 15.9 Å². The topological polar surface area (TPSA) is 93.7 Å². The van der Waals surface area contributed by atoms with Gasteiger partial charge in [0.2, 0.25) is 10.0 Å². The summed E-state index contributed by atoms with van der Waals surface area (Å²) in [5, 5.41) is 2.87. The molecule has 1 aliphatic rings. The lowest BCUT2D eigenvalue weighted by Crippen LogP contribution is -2.33. The van der Waals surface area contributed by atoms with Gasteiger partial charge in [-0.3, -0.25) is 4.79 Å². The summed E-state index contributed by atoms with van der Waals surface area (Å²) >= 11 is 0. The Morgan fingerprint density at radius 3 is 2.40 bits per heavy atom. The molecule has 0 spiro atoms. The quantitative estimate of drug-likeness (QED) is 0.435. The second-order valence-electron chi connectivity index (χ2n) is 8.53. The molecule has 184 valence electrons. The molecule has 35 heavy (non-hydrogen) atoms. The number of carbonyl (C=O) groups is 1. The first-order chi connectivity index (χ1) is 17.0. The van der Waals surface area contributed by atoms with Crippen molar-refractivity contribution in [3.8, 4) is 11.5 Å². The lowest BCUT2D eigenvalue weighted by atomic mass is 10.1. The first kappa shape index (κ1) is 24.8. The summed E-state index contributed by atoms with van der Waals surface area (Å²) in [6, 6.07) is 21.7. The van der Waals surface area contributed by atoms with Crippen LogP contribution in [0.2, 0.25) is 0 Å². The summed E-state index contributed by atoms with van der Waals surface area (Å²) in [4.78, 5) is 12.9. The second-order valence-corrected chi connectivity index (χ2v) is 10.2. The highest BCUT2D eigenvalue weighted by Crippen LogP contribution is 2.27. The number of para-hydroxylation sites is 1. The number of sulfonamides is 1. The van der Waals surface area contributed by atoms with Crippen molar-refractivity contribution in [2.24, 2.45) is 0 Å². The summed E-state index contributed by atoms with van der Waals surface area (Å²) in [5.74, 6) is 0.491. The highest BCUT2D eigenvalue weighted by Gasteiger charge is 2.26. The van der Waals surface area contributed by atoms with E-state index in [0.717, 1.165) is 36.8 Å². The molecule has 0 heterocycles. The Hall–Kier alpha value is -3.36. The van der Waals surface area contributed by atoms with E-state index in [1.807, 2.05) is 54.6 Å². The first-order valence-corrected chi connectivity index (χ1v) is 13.2. The molecule has 0 radical (unpaired) electrons. The van der Waals surface area contributed by atoms with Gasteiger partial charge in [-0.1, -0.05) is 61.4 Å². The van der Waals surface area contributed by atoms with Gasteiger partial charge in [0, 0.05) is 23.7 Å². The Labute approximate surface area is 206 Å². The first-order valence-electron chi connectivity index (χ1n) is 11.7. The standard InChI is InChI=1S/C27H30N2O5S/c1-33-25-16-15-21(17-26(25)35(31,32)29-23-12-6-7-13-23)27(30)28-18-22-11-5-8-14-24(22)34-19-20-9-3-2-4-10-20/h2-5,8-11,14-17,23,29H,6-7,12-13,18-19H2,1H3,(H,28,30). The minimum absolute atomic E-state index is 0.0360. The fraction of sp³-hybridized carbons (Fsp3) is 0.296. The molecular weight excluding hydrogens is 464 g/mol. The maximum Gasteiger partial charge on any atom is 0.251 e. The average molecular weight is 495 g/mol. The van der Waals surface area contributed by atoms with Gasteiger partial charge in [-0.05, 0) is 42.7 Å². The molecule has 8 heteroatoms. The van der Waals surface area contributed by atoms with Crippen molar-refractivity contribution < 1.29 is 22.7 Å². The Bertz CT molecular complexity index is 1260. The summed E-state index contributed by atoms with van der Waals surface area (Å²) in [6.45, 7) is 0.651. The van der Waals surface area contributed by atoms with E-state index in [9.17, 15) is 13.2 Å². The smallest absolute Gasteiger partial charge is 0.251 e. The molecule has 1 amide bonds. The highest BCUT2D eigenvalue weighted by atomic mass is 32.2. The Morgan fingerprint density at radius 1 is 0.943 bits per heavy atom. The van der Waals surface area contributed by atoms with Gasteiger partial charge in [-0.2, -0.15) is 0 Å². The SMILES string of the molecule is COc1ccc(C(=O)NCc2ccccc2OCc2ccccc2)cc1S(=O)(=O)NC1CCCC1. The minimum Gasteiger partial charge on any atom is -0.495 e. The zero-order valence-electron chi connectivity index (χ0n) is 19.7. The Kier molecular flexibility index (Phi) is 8.05. The van der Waals surface area contributed by atoms with Crippen LogP contribution < -0.4 is 19.5 Å². The molecule has 1 saturated carbocycles. The molecule has 3 aromatic carbocycles. The van der Waals surface area contributed by atoms with Gasteiger partial charge in [0.1, 0.15) is 23.0 Å². The summed E-state index contributed by atoms with van der Waals surface area (Å²) < 4.78 is 40.0. The number of amides is 1. The van der Waals surface area contributed by atoms with Gasteiger partial charge in [0.15, 0.2) is 0 Å². The van der Waals surface area contributed by atoms with Gasteiger partial charge in [0.05, 0.1) is 7.11 Å². The molecule has 4 rings (SSSR count). The normalized spacial score (nSPS) is 14.0. The molecule has 3 aromatic rings. The molecule has 0 saturated heterocycles. The summed E-state index contributed by atoms with van der Waals surface area (Å²) in [6.07, 6.45) is 3.63. The van der Waals surface area contributed by atoms with Gasteiger partial charge in [-0.15, -0.1) is 0 Å². The molecule has 0 bridgehead atoms. The summed E-state index contributed by atoms with van der Waals surface area (Å²) in [7, 11) is -2.41. The van der Waals surface area contributed by atoms with Crippen molar-refractivity contribution in [1.82, 2.24) is 10.0 Å². The second kappa shape index (κ2) is 11.4. The van der Waals surface area contributed by atoms with Crippen LogP contribution in [0.15, 0.2) is 77.7 Å². The lowest BCUT2D eigenvalue weighted by molar-refractivity contribution is 0.0950. The molecule has 7 nitrogen and oxygen atoms in total. The van der Waals surface area contributed by atoms with Crippen LogP contribution >= 0.6 is 0 Å². The van der Waals surface area contributed by atoms with Crippen molar-refractivity contribution in [2.45, 2.75) is 49.8 Å². The minimum atomic E-state index is -3.83. The van der Waals surface area contributed by atoms with E-state index < -0.39 is 10.0 Å². The predicted molar refractivity (Wildman–Crippen MR) is 134 cm³/mol. The van der Waals surface area contributed by atoms with Crippen LogP contribution in [-0.4, -0.2) is 27.5 Å². The zero-order chi connectivity index (χ0) is 24.7. The van der Waals surface area contributed by atoms with Crippen LogP contribution in [0.4, 0.5) is 0 Å². The monoisotopic (exact) mass is 494 g/mol. The Balaban J connectivity index is 1.45. The van der Waals surface area contributed by atoms with E-state index in [2.05, 4.69) is 10.0 Å². The van der Waals surface area contributed by atoms with Crippen LogP contribution in [0.1, 0.15) is 47.2 Å². The van der Waals surface area contributed by atoms with Crippen molar-refractivity contribution in [3.63, 3.8) is 0 Å². The predicted octanol–water partition coefficient (Wildman–Crippen LogP) is 4.43. The average Bonchev–Trinajstić information content (AvgIpc) is 3.39. The number of ether oxygens (including phenoxy) is 2. The molecule has 0 aliphatic heterocycles. The van der Waals surface area contributed by atoms with Crippen molar-refractivity contribution in [3.05, 3.63) is 89.5 Å². The summed E-state index contributed by atoms with van der Waals surface area (Å²) in [5.41, 5.74) is 2.10. The number of hydrogen-bond acceptors (Lipinski definition) is 5. The van der Waals surface area contributed by atoms with Crippen LogP contribution in [0.3, 0.4) is 0 Å². The van der Waals surface area contributed by atoms with Crippen molar-refractivity contribution in [1.29, 1.82) is 0 Å². The van der Waals surface area contributed by atoms with E-state index in [1.54, 1.807) is 6.07 Å². The zero-order valence-corrected chi connectivity index (χ0v) is 20.5. The molecule has 1 aliphatic carbocycles. The maximum atomic E-state index is 13.0. The van der Waals surface area contributed by atoms with Crippen molar-refractivity contribution in [2.75, 3.05) is 7.11 Å². The molecule has 0 aromatic heterocycles. The highest BCUT2D eigenvalue weighted by molar-refractivity contribution is 7.89. The third kappa shape index (κ3) is 6.41. The van der Waals surface area contributed by atoms with E-state index in [-0.39, 0.29) is 34.7 Å². The molecule has 0 unspecified atom stereocenters. The third-order valence-electron chi connectivity index (χ3n) is 6.04. The molecule has 0 atom stereocenters. The fourth-order valence-corrected chi connectivity index (χ4v) is 5.66. The number of rotatable bonds is 10. The third-order valence-corrected chi connectivity index (χ3v) is 7.58.